The number of allylic oxidation sites excluding steroid dienone is 5. The van der Waals surface area contributed by atoms with E-state index in [1.807, 2.05) is 29.7 Å². The predicted molar refractivity (Wildman–Crippen MR) is 215 cm³/mol. The molecule has 0 bridgehead atoms. The van der Waals surface area contributed by atoms with E-state index in [4.69, 9.17) is 9.72 Å². The molecule has 0 saturated carbocycles. The molecule has 5 heteroatoms. The van der Waals surface area contributed by atoms with E-state index in [1.165, 1.54) is 31.3 Å². The molecule has 0 spiro atoms. The molecule has 12 rings (SSSR count). The molecule has 52 heavy (non-hydrogen) atoms. The number of fused-ring (bicyclic) bond motifs is 13. The number of thiophene rings is 1. The summed E-state index contributed by atoms with van der Waals surface area (Å²) in [5, 5.41) is 4.72. The summed E-state index contributed by atoms with van der Waals surface area (Å²) in [4.78, 5) is 11.4. The van der Waals surface area contributed by atoms with E-state index in [-0.39, 0.29) is 5.41 Å². The van der Waals surface area contributed by atoms with Gasteiger partial charge in [-0.05, 0) is 69.6 Å². The maximum Gasteiger partial charge on any atom is 0.156 e. The van der Waals surface area contributed by atoms with Gasteiger partial charge in [0.1, 0.15) is 11.5 Å². The second-order valence-corrected chi connectivity index (χ2v) is 15.4. The average molecular weight is 684 g/mol. The van der Waals surface area contributed by atoms with Crippen molar-refractivity contribution >= 4 is 65.9 Å². The number of benzene rings is 5. The van der Waals surface area contributed by atoms with E-state index < -0.39 is 0 Å². The van der Waals surface area contributed by atoms with E-state index in [0.29, 0.717) is 5.92 Å². The summed E-state index contributed by atoms with van der Waals surface area (Å²) in [7, 11) is 0. The van der Waals surface area contributed by atoms with Crippen LogP contribution in [0.4, 0.5) is 0 Å². The van der Waals surface area contributed by atoms with E-state index >= 15 is 0 Å². The smallest absolute Gasteiger partial charge is 0.156 e. The van der Waals surface area contributed by atoms with Crippen molar-refractivity contribution in [2.75, 3.05) is 0 Å². The first-order chi connectivity index (χ1) is 25.6. The van der Waals surface area contributed by atoms with Gasteiger partial charge in [-0.1, -0.05) is 116 Å². The van der Waals surface area contributed by atoms with Crippen molar-refractivity contribution in [3.8, 4) is 45.0 Å². The minimum absolute atomic E-state index is 0.0793. The Labute approximate surface area is 303 Å². The van der Waals surface area contributed by atoms with Gasteiger partial charge in [-0.2, -0.15) is 0 Å². The lowest BCUT2D eigenvalue weighted by molar-refractivity contribution is 0.487. The van der Waals surface area contributed by atoms with E-state index in [0.717, 1.165) is 72.6 Å². The Morgan fingerprint density at radius 2 is 1.63 bits per heavy atom. The number of pyridine rings is 2. The van der Waals surface area contributed by atoms with Crippen molar-refractivity contribution in [2.45, 2.75) is 12.3 Å². The van der Waals surface area contributed by atoms with Crippen LogP contribution in [0, 0.1) is 5.92 Å². The van der Waals surface area contributed by atoms with Crippen LogP contribution in [0.25, 0.3) is 88.0 Å². The summed E-state index contributed by atoms with van der Waals surface area (Å²) < 4.78 is 10.1. The first kappa shape index (κ1) is 28.4. The molecular formula is C47H29N3OS. The normalized spacial score (nSPS) is 18.3. The molecule has 4 aromatic heterocycles. The highest BCUT2D eigenvalue weighted by atomic mass is 32.1. The molecule has 0 N–H and O–H groups in total. The molecule has 9 aromatic rings. The molecule has 2 atom stereocenters. The van der Waals surface area contributed by atoms with Gasteiger partial charge in [-0.25, -0.2) is 4.98 Å². The third-order valence-corrected chi connectivity index (χ3v) is 13.0. The van der Waals surface area contributed by atoms with Gasteiger partial charge in [0.15, 0.2) is 5.65 Å². The second-order valence-electron chi connectivity index (χ2n) is 14.4. The molecule has 0 fully saturated rings. The maximum atomic E-state index is 6.47. The highest BCUT2D eigenvalue weighted by Gasteiger charge is 2.38. The Morgan fingerprint density at radius 1 is 0.750 bits per heavy atom. The van der Waals surface area contributed by atoms with Gasteiger partial charge in [0.2, 0.25) is 0 Å². The lowest BCUT2D eigenvalue weighted by atomic mass is 9.69. The Kier molecular flexibility index (Phi) is 5.54. The van der Waals surface area contributed by atoms with Gasteiger partial charge >= 0.3 is 0 Å². The number of nitrogens with zero attached hydrogens (tertiary/aromatic N) is 3. The Hall–Kier alpha value is -6.30. The quantitative estimate of drug-likeness (QED) is 0.182. The molecule has 2 aliphatic carbocycles. The minimum Gasteiger partial charge on any atom is -0.456 e. The second kappa shape index (κ2) is 10.2. The van der Waals surface area contributed by atoms with Gasteiger partial charge in [-0.15, -0.1) is 11.3 Å². The van der Waals surface area contributed by atoms with Gasteiger partial charge < -0.3 is 4.74 Å². The molecule has 0 radical (unpaired) electrons. The first-order valence-electron chi connectivity index (χ1n) is 17.8. The summed E-state index contributed by atoms with van der Waals surface area (Å²) in [6, 6.07) is 39.2. The van der Waals surface area contributed by atoms with Gasteiger partial charge in [0.05, 0.1) is 32.3 Å². The van der Waals surface area contributed by atoms with Crippen LogP contribution in [-0.2, 0) is 5.41 Å². The van der Waals surface area contributed by atoms with Crippen LogP contribution in [-0.4, -0.2) is 14.4 Å². The third kappa shape index (κ3) is 3.75. The molecule has 3 aliphatic rings. The summed E-state index contributed by atoms with van der Waals surface area (Å²) in [6.07, 6.45) is 15.6. The standard InChI is InChI=1S/C47H29N3OS/c1-47-23-5-4-8-31(47)18-20-35-36-26-39(50-38-21-17-28-7-2-3-9-32(28)43(38)49-46(50)44(36)52-45(35)47)29-14-12-27(13-15-29)30-16-19-33-34-10-6-11-37-42(34)40(22-24-48-37)51-41(33)25-30/h2-26,31H,1H3. The molecular weight excluding hydrogens is 655 g/mol. The molecule has 5 heterocycles. The number of ether oxygens (including phenoxy) is 1. The zero-order valence-corrected chi connectivity index (χ0v) is 29.0. The molecule has 4 nitrogen and oxygen atoms in total. The largest absolute Gasteiger partial charge is 0.456 e. The van der Waals surface area contributed by atoms with Crippen LogP contribution in [0.3, 0.4) is 0 Å². The predicted octanol–water partition coefficient (Wildman–Crippen LogP) is 12.5. The summed E-state index contributed by atoms with van der Waals surface area (Å²) >= 11 is 1.91. The summed E-state index contributed by atoms with van der Waals surface area (Å²) in [6.45, 7) is 2.38. The van der Waals surface area contributed by atoms with Crippen molar-refractivity contribution in [2.24, 2.45) is 5.92 Å². The van der Waals surface area contributed by atoms with Crippen molar-refractivity contribution < 1.29 is 4.74 Å². The maximum absolute atomic E-state index is 6.47. The fourth-order valence-electron chi connectivity index (χ4n) is 8.84. The molecule has 0 saturated heterocycles. The number of hydrogen-bond acceptors (Lipinski definition) is 4. The van der Waals surface area contributed by atoms with Crippen molar-refractivity contribution in [3.05, 3.63) is 156 Å². The lowest BCUT2D eigenvalue weighted by Crippen LogP contribution is -2.30. The van der Waals surface area contributed by atoms with Crippen molar-refractivity contribution in [3.63, 3.8) is 0 Å². The zero-order valence-electron chi connectivity index (χ0n) is 28.2. The van der Waals surface area contributed by atoms with Crippen molar-refractivity contribution in [1.29, 1.82) is 0 Å². The molecule has 2 unspecified atom stereocenters. The van der Waals surface area contributed by atoms with E-state index in [1.54, 1.807) is 0 Å². The van der Waals surface area contributed by atoms with Crippen LogP contribution < -0.4 is 4.74 Å². The minimum atomic E-state index is -0.0793. The van der Waals surface area contributed by atoms with Gasteiger partial charge in [0.25, 0.3) is 0 Å². The molecule has 244 valence electrons. The fraction of sp³-hybridized carbons (Fsp3) is 0.0638. The number of aromatic nitrogens is 3. The average Bonchev–Trinajstić information content (AvgIpc) is 3.78. The summed E-state index contributed by atoms with van der Waals surface area (Å²) in [5.41, 5.74) is 12.2. The number of hydrogen-bond donors (Lipinski definition) is 0. The monoisotopic (exact) mass is 683 g/mol. The zero-order chi connectivity index (χ0) is 34.1. The SMILES string of the molecule is CC12C=CC=CC1C=Cc1c2sc2c1cc(-c1ccc(-c3ccc4c(c3)Oc3ccnc5cccc-4c35)cc1)n1c3ccc4ccccc4c3nc21. The van der Waals surface area contributed by atoms with Gasteiger partial charge in [-0.3, -0.25) is 9.38 Å². The highest BCUT2D eigenvalue weighted by Crippen LogP contribution is 2.52. The van der Waals surface area contributed by atoms with Crippen LogP contribution in [0.5, 0.6) is 11.5 Å². The van der Waals surface area contributed by atoms with E-state index in [2.05, 4.69) is 150 Å². The molecule has 1 aliphatic heterocycles. The highest BCUT2D eigenvalue weighted by molar-refractivity contribution is 7.20. The first-order valence-corrected chi connectivity index (χ1v) is 18.6. The van der Waals surface area contributed by atoms with Crippen LogP contribution in [0.1, 0.15) is 17.4 Å². The third-order valence-electron chi connectivity index (χ3n) is 11.5. The fourth-order valence-corrected chi connectivity index (χ4v) is 10.3. The Balaban J connectivity index is 1.04. The van der Waals surface area contributed by atoms with Crippen LogP contribution >= 0.6 is 11.3 Å². The topological polar surface area (TPSA) is 39.4 Å². The van der Waals surface area contributed by atoms with Gasteiger partial charge in [0, 0.05) is 38.7 Å². The molecule has 5 aromatic carbocycles. The number of imidazole rings is 1. The Morgan fingerprint density at radius 3 is 2.58 bits per heavy atom. The van der Waals surface area contributed by atoms with Crippen LogP contribution in [0.15, 0.2) is 146 Å². The van der Waals surface area contributed by atoms with Crippen LogP contribution in [0.2, 0.25) is 0 Å². The van der Waals surface area contributed by atoms with E-state index in [9.17, 15) is 0 Å². The Bertz CT molecular complexity index is 3120. The lowest BCUT2D eigenvalue weighted by Gasteiger charge is -2.36. The number of rotatable bonds is 2. The van der Waals surface area contributed by atoms with Crippen molar-refractivity contribution in [1.82, 2.24) is 14.4 Å². The summed E-state index contributed by atoms with van der Waals surface area (Å²) in [5.74, 6) is 2.07. The molecule has 0 amide bonds.